The van der Waals surface area contributed by atoms with Gasteiger partial charge < -0.3 is 15.1 Å². The van der Waals surface area contributed by atoms with Crippen molar-refractivity contribution in [1.29, 1.82) is 0 Å². The Hall–Kier alpha value is -1.76. The van der Waals surface area contributed by atoms with Crippen molar-refractivity contribution in [3.8, 4) is 5.75 Å². The quantitative estimate of drug-likeness (QED) is 0.642. The molecular formula is C17H20F3NO3. The maximum Gasteiger partial charge on any atom is 0.573 e. The average molecular weight is 343 g/mol. The van der Waals surface area contributed by atoms with Gasteiger partial charge in [0.25, 0.3) is 0 Å². The summed E-state index contributed by atoms with van der Waals surface area (Å²) in [6.07, 6.45) is -0.623. The molecule has 4 nitrogen and oxygen atoms in total. The van der Waals surface area contributed by atoms with Crippen molar-refractivity contribution in [2.75, 3.05) is 0 Å². The van der Waals surface area contributed by atoms with Gasteiger partial charge in [-0.1, -0.05) is 23.7 Å². The van der Waals surface area contributed by atoms with E-state index in [0.29, 0.717) is 12.1 Å². The fourth-order valence-electron chi connectivity index (χ4n) is 4.01. The first-order valence-corrected chi connectivity index (χ1v) is 8.11. The van der Waals surface area contributed by atoms with Crippen LogP contribution >= 0.6 is 0 Å². The topological polar surface area (TPSA) is 62.1 Å². The van der Waals surface area contributed by atoms with Crippen LogP contribution in [-0.2, 0) is 5.41 Å². The molecule has 7 heteroatoms. The summed E-state index contributed by atoms with van der Waals surface area (Å²) < 4.78 is 40.7. The smallest absolute Gasteiger partial charge is 0.411 e. The third-order valence-electron chi connectivity index (χ3n) is 5.36. The molecule has 1 aromatic rings. The Bertz CT molecular complexity index is 609. The van der Waals surface area contributed by atoms with Crippen molar-refractivity contribution in [1.82, 2.24) is 0 Å². The Morgan fingerprint density at radius 3 is 2.33 bits per heavy atom. The lowest BCUT2D eigenvalue weighted by molar-refractivity contribution is -0.274. The summed E-state index contributed by atoms with van der Waals surface area (Å²) >= 11 is 0. The number of halogens is 3. The van der Waals surface area contributed by atoms with Gasteiger partial charge in [0.15, 0.2) is 0 Å². The summed E-state index contributed by atoms with van der Waals surface area (Å²) in [6, 6.07) is 5.75. The van der Waals surface area contributed by atoms with E-state index < -0.39 is 17.9 Å². The summed E-state index contributed by atoms with van der Waals surface area (Å²) in [4.78, 5) is 0. The maximum atomic E-state index is 12.3. The second kappa shape index (κ2) is 6.27. The molecular weight excluding hydrogens is 323 g/mol. The van der Waals surface area contributed by atoms with E-state index in [2.05, 4.69) is 9.89 Å². The molecule has 2 fully saturated rings. The third-order valence-corrected chi connectivity index (χ3v) is 5.36. The van der Waals surface area contributed by atoms with E-state index in [-0.39, 0.29) is 11.7 Å². The van der Waals surface area contributed by atoms with Gasteiger partial charge in [-0.3, -0.25) is 0 Å². The van der Waals surface area contributed by atoms with E-state index in [0.717, 1.165) is 37.7 Å². The van der Waals surface area contributed by atoms with Crippen molar-refractivity contribution in [3.05, 3.63) is 29.8 Å². The predicted molar refractivity (Wildman–Crippen MR) is 81.2 cm³/mol. The van der Waals surface area contributed by atoms with Gasteiger partial charge in [-0.15, -0.1) is 13.2 Å². The summed E-state index contributed by atoms with van der Waals surface area (Å²) in [5.74, 6) is -0.463. The second-order valence-electron chi connectivity index (χ2n) is 6.62. The molecule has 0 heterocycles. The van der Waals surface area contributed by atoms with E-state index in [1.807, 2.05) is 0 Å². The van der Waals surface area contributed by atoms with Crippen LogP contribution in [0.5, 0.6) is 5.75 Å². The van der Waals surface area contributed by atoms with Crippen molar-refractivity contribution in [2.24, 2.45) is 11.1 Å². The molecule has 2 aliphatic rings. The third kappa shape index (κ3) is 3.09. The monoisotopic (exact) mass is 343 g/mol. The molecule has 0 bridgehead atoms. The van der Waals surface area contributed by atoms with Crippen molar-refractivity contribution in [2.45, 2.75) is 56.4 Å². The highest BCUT2D eigenvalue weighted by molar-refractivity contribution is 5.88. The zero-order chi connectivity index (χ0) is 17.4. The minimum atomic E-state index is -4.72. The Labute approximate surface area is 137 Å². The number of rotatable bonds is 4. The van der Waals surface area contributed by atoms with Crippen LogP contribution in [0.25, 0.3) is 0 Å². The minimum Gasteiger partial charge on any atom is -0.411 e. The Balaban J connectivity index is 1.82. The van der Waals surface area contributed by atoms with Gasteiger partial charge >= 0.3 is 6.36 Å². The summed E-state index contributed by atoms with van der Waals surface area (Å²) in [6.45, 7) is 0. The second-order valence-corrected chi connectivity index (χ2v) is 6.62. The van der Waals surface area contributed by atoms with Gasteiger partial charge in [0.05, 0.1) is 11.8 Å². The first-order valence-electron chi connectivity index (χ1n) is 8.11. The van der Waals surface area contributed by atoms with Gasteiger partial charge in [0, 0.05) is 11.3 Å². The Morgan fingerprint density at radius 2 is 1.83 bits per heavy atom. The Kier molecular flexibility index (Phi) is 4.46. The lowest BCUT2D eigenvalue weighted by Crippen LogP contribution is -2.50. The van der Waals surface area contributed by atoms with Gasteiger partial charge in [-0.05, 0) is 49.8 Å². The molecule has 2 aliphatic carbocycles. The molecule has 1 unspecified atom stereocenters. The maximum absolute atomic E-state index is 12.3. The number of oxime groups is 1. The van der Waals surface area contributed by atoms with E-state index >= 15 is 0 Å². The van der Waals surface area contributed by atoms with E-state index in [1.165, 1.54) is 12.1 Å². The van der Waals surface area contributed by atoms with E-state index in [9.17, 15) is 18.3 Å². The molecule has 0 spiro atoms. The number of hydrogen-bond donors (Lipinski definition) is 2. The highest BCUT2D eigenvalue weighted by Crippen LogP contribution is 2.50. The summed E-state index contributed by atoms with van der Waals surface area (Å²) in [5.41, 5.74) is 0.938. The van der Waals surface area contributed by atoms with E-state index in [1.54, 1.807) is 12.1 Å². The molecule has 2 atom stereocenters. The highest BCUT2D eigenvalue weighted by Gasteiger charge is 2.49. The molecule has 2 saturated carbocycles. The number of aliphatic hydroxyl groups excluding tert-OH is 1. The fourth-order valence-corrected chi connectivity index (χ4v) is 4.01. The number of alkyl halides is 3. The zero-order valence-electron chi connectivity index (χ0n) is 13.1. The molecule has 3 rings (SSSR count). The largest absolute Gasteiger partial charge is 0.573 e. The number of hydrogen-bond acceptors (Lipinski definition) is 4. The molecule has 0 radical (unpaired) electrons. The van der Waals surface area contributed by atoms with Crippen LogP contribution in [0, 0.1) is 5.92 Å². The molecule has 1 aromatic carbocycles. The van der Waals surface area contributed by atoms with Crippen molar-refractivity contribution < 1.29 is 28.2 Å². The number of nitrogens with zero attached hydrogens (tertiary/aromatic N) is 1. The Morgan fingerprint density at radius 1 is 1.17 bits per heavy atom. The van der Waals surface area contributed by atoms with Gasteiger partial charge in [0.1, 0.15) is 5.75 Å². The summed E-state index contributed by atoms with van der Waals surface area (Å²) in [5, 5.41) is 23.4. The number of ether oxygens (including phenoxy) is 1. The van der Waals surface area contributed by atoms with Crippen molar-refractivity contribution in [3.63, 3.8) is 0 Å². The number of benzene rings is 1. The molecule has 0 amide bonds. The first-order chi connectivity index (χ1) is 11.4. The van der Waals surface area contributed by atoms with Crippen LogP contribution < -0.4 is 4.74 Å². The molecule has 2 N–H and O–H groups in total. The molecule has 0 aromatic heterocycles. The lowest BCUT2D eigenvalue weighted by Gasteiger charge is -2.48. The lowest BCUT2D eigenvalue weighted by atomic mass is 9.58. The number of aliphatic hydroxyl groups is 1. The molecule has 132 valence electrons. The van der Waals surface area contributed by atoms with Crippen LogP contribution in [0.1, 0.15) is 44.1 Å². The summed E-state index contributed by atoms with van der Waals surface area (Å²) in [7, 11) is 0. The molecule has 0 saturated heterocycles. The zero-order valence-corrected chi connectivity index (χ0v) is 13.1. The van der Waals surface area contributed by atoms with Crippen LogP contribution in [0.15, 0.2) is 29.4 Å². The average Bonchev–Trinajstić information content (AvgIpc) is 2.94. The van der Waals surface area contributed by atoms with Crippen LogP contribution in [0.4, 0.5) is 13.2 Å². The van der Waals surface area contributed by atoms with Crippen molar-refractivity contribution >= 4 is 5.71 Å². The normalized spacial score (nSPS) is 26.2. The predicted octanol–water partition coefficient (Wildman–Crippen LogP) is 4.00. The highest BCUT2D eigenvalue weighted by atomic mass is 19.4. The molecule has 24 heavy (non-hydrogen) atoms. The van der Waals surface area contributed by atoms with Crippen LogP contribution in [-0.4, -0.2) is 28.5 Å². The van der Waals surface area contributed by atoms with Gasteiger partial charge in [0.2, 0.25) is 0 Å². The van der Waals surface area contributed by atoms with Gasteiger partial charge in [-0.25, -0.2) is 0 Å². The van der Waals surface area contributed by atoms with Gasteiger partial charge in [-0.2, -0.15) is 0 Å². The van der Waals surface area contributed by atoms with Crippen LogP contribution in [0.2, 0.25) is 0 Å². The minimum absolute atomic E-state index is 0.193. The van der Waals surface area contributed by atoms with E-state index in [4.69, 9.17) is 5.21 Å². The molecule has 0 aliphatic heterocycles. The SMILES string of the molecule is ON=C1CCC[C@@H]1C(O)C1(c2ccc(OC(F)(F)F)cc2)CCC1. The fraction of sp³-hybridized carbons (Fsp3) is 0.588. The standard InChI is InChI=1S/C17H20F3NO3/c18-17(19,20)24-12-7-5-11(6-8-12)16(9-2-10-16)15(22)13-3-1-4-14(13)21-23/h5-8,13,15,22-23H,1-4,9-10H2/t13-,15?/m0/s1. The first kappa shape index (κ1) is 17.1. The van der Waals surface area contributed by atoms with Crippen LogP contribution in [0.3, 0.4) is 0 Å².